The third-order valence-electron chi connectivity index (χ3n) is 0. The van der Waals surface area contributed by atoms with E-state index in [-0.39, 0.29) is 33.4 Å². The number of hydrogen-bond acceptors (Lipinski definition) is 2. The molecule has 0 fully saturated rings. The van der Waals surface area contributed by atoms with Crippen LogP contribution in [0, 0.1) is 0 Å². The SMILES string of the molecule is CC(=O)[O-].[NH4+].[Pb]. The molecule has 36 valence electrons. The van der Waals surface area contributed by atoms with Crippen molar-refractivity contribution in [3.63, 3.8) is 0 Å². The first-order valence-electron chi connectivity index (χ1n) is 0.908. The van der Waals surface area contributed by atoms with Gasteiger partial charge in [0.15, 0.2) is 0 Å². The summed E-state index contributed by atoms with van der Waals surface area (Å²) in [6, 6.07) is 0. The van der Waals surface area contributed by atoms with E-state index in [9.17, 15) is 0 Å². The molecule has 0 spiro atoms. The molecule has 6 heavy (non-hydrogen) atoms. The first-order chi connectivity index (χ1) is 1.73. The van der Waals surface area contributed by atoms with Crippen LogP contribution in [0.15, 0.2) is 0 Å². The molecule has 0 aromatic heterocycles. The number of aliphatic carboxylic acids is 1. The molecule has 0 saturated carbocycles. The van der Waals surface area contributed by atoms with Crippen LogP contribution in [0.2, 0.25) is 0 Å². The van der Waals surface area contributed by atoms with Crippen molar-refractivity contribution < 1.29 is 9.90 Å². The summed E-state index contributed by atoms with van der Waals surface area (Å²) in [7, 11) is 0. The van der Waals surface area contributed by atoms with E-state index in [0.717, 1.165) is 6.92 Å². The van der Waals surface area contributed by atoms with Crippen molar-refractivity contribution in [2.75, 3.05) is 0 Å². The monoisotopic (exact) mass is 285 g/mol. The van der Waals surface area contributed by atoms with Gasteiger partial charge in [0.2, 0.25) is 0 Å². The van der Waals surface area contributed by atoms with E-state index >= 15 is 0 Å². The number of hydrogen-bond donors (Lipinski definition) is 1. The Kier molecular flexibility index (Phi) is 24.3. The third-order valence-corrected chi connectivity index (χ3v) is 0. The topological polar surface area (TPSA) is 76.6 Å². The van der Waals surface area contributed by atoms with E-state index in [1.54, 1.807) is 0 Å². The number of carbonyl (C=O) groups is 1. The molecule has 0 aliphatic carbocycles. The molecule has 4 N–H and O–H groups in total. The van der Waals surface area contributed by atoms with Gasteiger partial charge in [0.1, 0.15) is 0 Å². The van der Waals surface area contributed by atoms with E-state index in [1.807, 2.05) is 0 Å². The van der Waals surface area contributed by atoms with Crippen LogP contribution in [0.4, 0.5) is 0 Å². The van der Waals surface area contributed by atoms with Crippen molar-refractivity contribution in [1.82, 2.24) is 6.15 Å². The molecule has 0 aromatic rings. The minimum absolute atomic E-state index is 0. The zero-order valence-corrected chi connectivity index (χ0v) is 7.70. The van der Waals surface area contributed by atoms with Crippen molar-refractivity contribution in [3.8, 4) is 0 Å². The van der Waals surface area contributed by atoms with Gasteiger partial charge in [-0.05, 0) is 6.92 Å². The Labute approximate surface area is 56.5 Å². The summed E-state index contributed by atoms with van der Waals surface area (Å²) in [6.07, 6.45) is 0. The van der Waals surface area contributed by atoms with Gasteiger partial charge in [-0.3, -0.25) is 0 Å². The summed E-state index contributed by atoms with van der Waals surface area (Å²) >= 11 is 0. The molecule has 0 atom stereocenters. The van der Waals surface area contributed by atoms with Crippen LogP contribution in [0.3, 0.4) is 0 Å². The molecule has 4 heteroatoms. The second-order valence-corrected chi connectivity index (χ2v) is 0.492. The molecule has 0 aliphatic rings. The van der Waals surface area contributed by atoms with E-state index < -0.39 is 5.97 Å². The molecule has 0 unspecified atom stereocenters. The van der Waals surface area contributed by atoms with Gasteiger partial charge in [0, 0.05) is 33.3 Å². The van der Waals surface area contributed by atoms with Gasteiger partial charge in [0.05, 0.1) is 0 Å². The number of rotatable bonds is 0. The van der Waals surface area contributed by atoms with Crippen LogP contribution in [0.25, 0.3) is 0 Å². The maximum absolute atomic E-state index is 8.89. The zero-order valence-electron chi connectivity index (χ0n) is 3.82. The fourth-order valence-corrected chi connectivity index (χ4v) is 0. The summed E-state index contributed by atoms with van der Waals surface area (Å²) in [5, 5.41) is 8.89. The maximum Gasteiger partial charge on any atom is 0.0383 e. The maximum atomic E-state index is 8.89. The summed E-state index contributed by atoms with van der Waals surface area (Å²) < 4.78 is 0. The van der Waals surface area contributed by atoms with Crippen molar-refractivity contribution in [2.45, 2.75) is 6.92 Å². The molecule has 0 rings (SSSR count). The number of carboxylic acid groups (broad SMARTS) is 1. The van der Waals surface area contributed by atoms with Crippen molar-refractivity contribution in [2.24, 2.45) is 0 Å². The van der Waals surface area contributed by atoms with Crippen molar-refractivity contribution >= 4 is 33.3 Å². The molecule has 4 radical (unpaired) electrons. The standard InChI is InChI=1S/C2H4O2.H3N.Pb/c1-2(3)4;;/h1H3,(H,3,4);1H3;. The van der Waals surface area contributed by atoms with Gasteiger partial charge >= 0.3 is 0 Å². The first-order valence-corrected chi connectivity index (χ1v) is 0.908. The average molecular weight is 284 g/mol. The molecule has 0 aliphatic heterocycles. The molecule has 0 aromatic carbocycles. The minimum Gasteiger partial charge on any atom is -0.550 e. The summed E-state index contributed by atoms with van der Waals surface area (Å²) in [6.45, 7) is 0.972. The van der Waals surface area contributed by atoms with Gasteiger partial charge in [-0.15, -0.1) is 0 Å². The summed E-state index contributed by atoms with van der Waals surface area (Å²) in [5.74, 6) is -1.08. The van der Waals surface area contributed by atoms with Gasteiger partial charge in [-0.2, -0.15) is 0 Å². The third kappa shape index (κ3) is 395. The Bertz CT molecular complexity index is 34.5. The zero-order chi connectivity index (χ0) is 3.58. The predicted molar refractivity (Wildman–Crippen MR) is 22.4 cm³/mol. The molecule has 0 heterocycles. The Morgan fingerprint density at radius 3 is 1.67 bits per heavy atom. The quantitative estimate of drug-likeness (QED) is 0.564. The normalized spacial score (nSPS) is 4.17. The van der Waals surface area contributed by atoms with Crippen LogP contribution in [-0.2, 0) is 4.79 Å². The van der Waals surface area contributed by atoms with Gasteiger partial charge < -0.3 is 16.1 Å². The molecule has 0 amide bonds. The molecular weight excluding hydrogens is 277 g/mol. The largest absolute Gasteiger partial charge is 0.550 e. The van der Waals surface area contributed by atoms with Crippen LogP contribution in [0.5, 0.6) is 0 Å². The van der Waals surface area contributed by atoms with E-state index in [2.05, 4.69) is 0 Å². The fourth-order valence-electron chi connectivity index (χ4n) is 0. The Morgan fingerprint density at radius 2 is 1.67 bits per heavy atom. The smallest absolute Gasteiger partial charge is 0.0383 e. The van der Waals surface area contributed by atoms with E-state index in [0.29, 0.717) is 0 Å². The van der Waals surface area contributed by atoms with Crippen LogP contribution in [0.1, 0.15) is 6.92 Å². The molecular formula is C2H7NO2Pb. The summed E-state index contributed by atoms with van der Waals surface area (Å²) in [5.41, 5.74) is 0. The Balaban J connectivity index is -0.0000000450. The van der Waals surface area contributed by atoms with Crippen molar-refractivity contribution in [3.05, 3.63) is 0 Å². The number of quaternary nitrogens is 1. The first kappa shape index (κ1) is 16.2. The Hall–Kier alpha value is 0.352. The second-order valence-electron chi connectivity index (χ2n) is 0.492. The minimum atomic E-state index is -1.08. The van der Waals surface area contributed by atoms with Crippen molar-refractivity contribution in [1.29, 1.82) is 0 Å². The van der Waals surface area contributed by atoms with Gasteiger partial charge in [-0.25, -0.2) is 0 Å². The number of carbonyl (C=O) groups excluding carboxylic acids is 1. The summed E-state index contributed by atoms with van der Waals surface area (Å²) in [4.78, 5) is 8.89. The van der Waals surface area contributed by atoms with Crippen LogP contribution >= 0.6 is 0 Å². The second kappa shape index (κ2) is 9.02. The van der Waals surface area contributed by atoms with Crippen LogP contribution in [-0.4, -0.2) is 33.3 Å². The molecule has 0 bridgehead atoms. The predicted octanol–water partition coefficient (Wildman–Crippen LogP) is -1.25. The molecule has 0 saturated heterocycles. The van der Waals surface area contributed by atoms with E-state index in [4.69, 9.17) is 9.90 Å². The Morgan fingerprint density at radius 1 is 1.67 bits per heavy atom. The van der Waals surface area contributed by atoms with Gasteiger partial charge in [0.25, 0.3) is 0 Å². The fraction of sp³-hybridized carbons (Fsp3) is 0.500. The van der Waals surface area contributed by atoms with E-state index in [1.165, 1.54) is 0 Å². The van der Waals surface area contributed by atoms with Gasteiger partial charge in [-0.1, -0.05) is 0 Å². The molecule has 3 nitrogen and oxygen atoms in total. The van der Waals surface area contributed by atoms with Crippen LogP contribution < -0.4 is 11.3 Å². The average Bonchev–Trinajstić information content (AvgIpc) is 0.811. The number of carboxylic acids is 1.